The first-order valence-corrected chi connectivity index (χ1v) is 10.2. The predicted molar refractivity (Wildman–Crippen MR) is 97.2 cm³/mol. The van der Waals surface area contributed by atoms with Gasteiger partial charge in [-0.2, -0.15) is 4.31 Å². The molecule has 0 radical (unpaired) electrons. The van der Waals surface area contributed by atoms with Gasteiger partial charge in [-0.25, -0.2) is 13.2 Å². The van der Waals surface area contributed by atoms with Gasteiger partial charge in [0.1, 0.15) is 0 Å². The number of esters is 1. The Balaban J connectivity index is 2.18. The maximum atomic E-state index is 12.9. The first kappa shape index (κ1) is 20.4. The molecule has 1 aliphatic rings. The second-order valence-electron chi connectivity index (χ2n) is 6.64. The smallest absolute Gasteiger partial charge is 0.340 e. The summed E-state index contributed by atoms with van der Waals surface area (Å²) >= 11 is 0. The van der Waals surface area contributed by atoms with Gasteiger partial charge in [-0.1, -0.05) is 18.6 Å². The third-order valence-corrected chi connectivity index (χ3v) is 6.49. The van der Waals surface area contributed by atoms with Crippen LogP contribution in [-0.2, 0) is 19.6 Å². The summed E-state index contributed by atoms with van der Waals surface area (Å²) in [6.07, 6.45) is 2.62. The van der Waals surface area contributed by atoms with Crippen LogP contribution in [0.1, 0.15) is 43.5 Å². The fourth-order valence-electron chi connectivity index (χ4n) is 2.70. The molecule has 0 atom stereocenters. The number of benzene rings is 1. The monoisotopic (exact) mass is 382 g/mol. The van der Waals surface area contributed by atoms with Gasteiger partial charge in [0.15, 0.2) is 6.61 Å². The topological polar surface area (TPSA) is 84.0 Å². The summed E-state index contributed by atoms with van der Waals surface area (Å²) < 4.78 is 32.3. The molecule has 0 bridgehead atoms. The van der Waals surface area contributed by atoms with Crippen molar-refractivity contribution in [1.29, 1.82) is 0 Å². The first-order valence-electron chi connectivity index (χ1n) is 8.77. The van der Waals surface area contributed by atoms with Crippen molar-refractivity contribution in [3.8, 4) is 0 Å². The van der Waals surface area contributed by atoms with Crippen LogP contribution >= 0.6 is 0 Å². The van der Waals surface area contributed by atoms with Crippen molar-refractivity contribution >= 4 is 21.9 Å². The van der Waals surface area contributed by atoms with E-state index in [9.17, 15) is 18.0 Å². The molecule has 26 heavy (non-hydrogen) atoms. The number of sulfonamides is 1. The minimum atomic E-state index is -3.77. The second kappa shape index (κ2) is 8.64. The van der Waals surface area contributed by atoms with Crippen LogP contribution in [0.4, 0.5) is 0 Å². The molecule has 2 rings (SSSR count). The zero-order valence-electron chi connectivity index (χ0n) is 15.5. The molecule has 8 heteroatoms. The number of nitrogens with zero attached hydrogens (tertiary/aromatic N) is 2. The van der Waals surface area contributed by atoms with Crippen LogP contribution in [0.15, 0.2) is 29.2 Å². The summed E-state index contributed by atoms with van der Waals surface area (Å²) in [5, 5.41) is 0. The number of piperidine rings is 1. The van der Waals surface area contributed by atoms with Gasteiger partial charge >= 0.3 is 5.97 Å². The quantitative estimate of drug-likeness (QED) is 0.702. The second-order valence-corrected chi connectivity index (χ2v) is 8.54. The number of ether oxygens (including phenoxy) is 1. The Morgan fingerprint density at radius 1 is 1.15 bits per heavy atom. The molecule has 1 aromatic carbocycles. The minimum absolute atomic E-state index is 0.0204. The van der Waals surface area contributed by atoms with Crippen molar-refractivity contribution in [1.82, 2.24) is 9.21 Å². The number of hydrogen-bond acceptors (Lipinski definition) is 5. The standard InChI is InChI=1S/C18H26N2O5S/c1-14(2)19(3)17(21)13-25-18(22)15-9-5-6-10-16(15)26(23,24)20-11-7-4-8-12-20/h5-6,9-10,14H,4,7-8,11-13H2,1-3H3. The Morgan fingerprint density at radius 3 is 2.38 bits per heavy atom. The van der Waals surface area contributed by atoms with Crippen LogP contribution in [0.5, 0.6) is 0 Å². The highest BCUT2D eigenvalue weighted by atomic mass is 32.2. The fraction of sp³-hybridized carbons (Fsp3) is 0.556. The van der Waals surface area contributed by atoms with E-state index in [0.29, 0.717) is 13.1 Å². The van der Waals surface area contributed by atoms with Gasteiger partial charge in [0.05, 0.1) is 10.5 Å². The molecular weight excluding hydrogens is 356 g/mol. The lowest BCUT2D eigenvalue weighted by Gasteiger charge is -2.26. The molecule has 0 unspecified atom stereocenters. The van der Waals surface area contributed by atoms with E-state index in [2.05, 4.69) is 0 Å². The van der Waals surface area contributed by atoms with Crippen LogP contribution < -0.4 is 0 Å². The third-order valence-electron chi connectivity index (χ3n) is 4.53. The molecule has 1 aromatic rings. The number of hydrogen-bond donors (Lipinski definition) is 0. The van der Waals surface area contributed by atoms with E-state index >= 15 is 0 Å². The molecule has 1 fully saturated rings. The molecule has 0 saturated carbocycles. The molecule has 1 heterocycles. The average molecular weight is 382 g/mol. The Bertz CT molecular complexity index is 755. The van der Waals surface area contributed by atoms with Gasteiger partial charge in [0, 0.05) is 26.2 Å². The van der Waals surface area contributed by atoms with E-state index in [1.54, 1.807) is 19.2 Å². The van der Waals surface area contributed by atoms with Crippen LogP contribution in [0.25, 0.3) is 0 Å². The number of likely N-dealkylation sites (N-methyl/N-ethyl adjacent to an activating group) is 1. The lowest BCUT2D eigenvalue weighted by molar-refractivity contribution is -0.134. The zero-order chi connectivity index (χ0) is 19.3. The summed E-state index contributed by atoms with van der Waals surface area (Å²) in [4.78, 5) is 25.8. The number of carbonyl (C=O) groups is 2. The molecule has 1 amide bonds. The summed E-state index contributed by atoms with van der Waals surface area (Å²) in [6, 6.07) is 5.95. The molecule has 0 aliphatic carbocycles. The maximum absolute atomic E-state index is 12.9. The van der Waals surface area contributed by atoms with Crippen molar-refractivity contribution < 1.29 is 22.7 Å². The molecule has 0 N–H and O–H groups in total. The molecule has 1 aliphatic heterocycles. The van der Waals surface area contributed by atoms with E-state index in [1.165, 1.54) is 21.3 Å². The van der Waals surface area contributed by atoms with Crippen LogP contribution in [-0.4, -0.2) is 62.3 Å². The van der Waals surface area contributed by atoms with Crippen molar-refractivity contribution in [2.24, 2.45) is 0 Å². The van der Waals surface area contributed by atoms with E-state index in [4.69, 9.17) is 4.74 Å². The third kappa shape index (κ3) is 4.62. The van der Waals surface area contributed by atoms with Crippen LogP contribution in [0.3, 0.4) is 0 Å². The van der Waals surface area contributed by atoms with Gasteiger partial charge in [-0.05, 0) is 38.8 Å². The van der Waals surface area contributed by atoms with E-state index in [1.807, 2.05) is 13.8 Å². The Labute approximate surface area is 155 Å². The summed E-state index contributed by atoms with van der Waals surface area (Å²) in [6.45, 7) is 4.17. The molecular formula is C18H26N2O5S. The normalized spacial score (nSPS) is 15.7. The van der Waals surface area contributed by atoms with Crippen molar-refractivity contribution in [2.75, 3.05) is 26.7 Å². The number of rotatable bonds is 6. The van der Waals surface area contributed by atoms with Crippen molar-refractivity contribution in [3.05, 3.63) is 29.8 Å². The van der Waals surface area contributed by atoms with Gasteiger partial charge in [-0.3, -0.25) is 4.79 Å². The first-order chi connectivity index (χ1) is 12.2. The highest BCUT2D eigenvalue weighted by Gasteiger charge is 2.30. The lowest BCUT2D eigenvalue weighted by atomic mass is 10.2. The highest BCUT2D eigenvalue weighted by molar-refractivity contribution is 7.89. The summed E-state index contributed by atoms with van der Waals surface area (Å²) in [5.41, 5.74) is -0.0435. The van der Waals surface area contributed by atoms with Crippen molar-refractivity contribution in [3.63, 3.8) is 0 Å². The Morgan fingerprint density at radius 2 is 1.77 bits per heavy atom. The molecule has 1 saturated heterocycles. The molecule has 0 spiro atoms. The number of carbonyl (C=O) groups excluding carboxylic acids is 2. The van der Waals surface area contributed by atoms with Gasteiger partial charge in [0.2, 0.25) is 10.0 Å². The fourth-order valence-corrected chi connectivity index (χ4v) is 4.40. The van der Waals surface area contributed by atoms with Crippen LogP contribution in [0, 0.1) is 0 Å². The van der Waals surface area contributed by atoms with Gasteiger partial charge in [0.25, 0.3) is 5.91 Å². The molecule has 7 nitrogen and oxygen atoms in total. The van der Waals surface area contributed by atoms with Gasteiger partial charge < -0.3 is 9.64 Å². The highest BCUT2D eigenvalue weighted by Crippen LogP contribution is 2.24. The Hall–Kier alpha value is -1.93. The van der Waals surface area contributed by atoms with E-state index < -0.39 is 22.6 Å². The van der Waals surface area contributed by atoms with Gasteiger partial charge in [-0.15, -0.1) is 0 Å². The summed E-state index contributed by atoms with van der Waals surface area (Å²) in [5.74, 6) is -1.16. The lowest BCUT2D eigenvalue weighted by Crippen LogP contribution is -2.37. The minimum Gasteiger partial charge on any atom is -0.452 e. The van der Waals surface area contributed by atoms with Crippen LogP contribution in [0.2, 0.25) is 0 Å². The van der Waals surface area contributed by atoms with Crippen molar-refractivity contribution in [2.45, 2.75) is 44.0 Å². The molecule has 0 aromatic heterocycles. The predicted octanol–water partition coefficient (Wildman–Crippen LogP) is 1.88. The largest absolute Gasteiger partial charge is 0.452 e. The maximum Gasteiger partial charge on any atom is 0.340 e. The number of amides is 1. The molecule has 144 valence electrons. The van der Waals surface area contributed by atoms with E-state index in [-0.39, 0.29) is 22.4 Å². The zero-order valence-corrected chi connectivity index (χ0v) is 16.3. The van der Waals surface area contributed by atoms with E-state index in [0.717, 1.165) is 19.3 Å². The average Bonchev–Trinajstić information content (AvgIpc) is 2.65. The SMILES string of the molecule is CC(C)N(C)C(=O)COC(=O)c1ccccc1S(=O)(=O)N1CCCCC1. The Kier molecular flexibility index (Phi) is 6.77. The summed E-state index contributed by atoms with van der Waals surface area (Å²) in [7, 11) is -2.15.